The van der Waals surface area contributed by atoms with Crippen molar-refractivity contribution in [1.29, 1.82) is 0 Å². The number of ether oxygens (including phenoxy) is 1. The Bertz CT molecular complexity index is 1240. The Balaban J connectivity index is 1.63. The maximum absolute atomic E-state index is 12.5. The summed E-state index contributed by atoms with van der Waals surface area (Å²) in [4.78, 5) is 21.8. The molecule has 0 radical (unpaired) electrons. The Morgan fingerprint density at radius 1 is 1.17 bits per heavy atom. The molecule has 2 aromatic carbocycles. The van der Waals surface area contributed by atoms with Crippen molar-refractivity contribution in [2.45, 2.75) is 11.3 Å². The number of fused-ring (bicyclic) bond motifs is 1. The first kappa shape index (κ1) is 21.2. The standard InChI is InChI=1S/C18H19N5O6S/c1-29-12-7-8-16(15(11-12)23(25)26)30(27,28)20-10-4-9-19-17-13-5-2-3-6-14(13)18(24)22-21-17/h2-3,5-8,11,20H,4,9-10H2,1H3,(H,19,21)(H,22,24). The van der Waals surface area contributed by atoms with Crippen molar-refractivity contribution in [1.82, 2.24) is 14.9 Å². The van der Waals surface area contributed by atoms with E-state index in [0.29, 0.717) is 29.6 Å². The van der Waals surface area contributed by atoms with Crippen LogP contribution in [0.25, 0.3) is 10.8 Å². The molecule has 3 N–H and O–H groups in total. The second-order valence-corrected chi connectivity index (χ2v) is 7.95. The number of aromatic nitrogens is 2. The Labute approximate surface area is 171 Å². The highest BCUT2D eigenvalue weighted by atomic mass is 32.2. The van der Waals surface area contributed by atoms with Crippen LogP contribution in [0.15, 0.2) is 52.2 Å². The largest absolute Gasteiger partial charge is 0.497 e. The van der Waals surface area contributed by atoms with Crippen molar-refractivity contribution >= 4 is 32.3 Å². The predicted octanol–water partition coefficient (Wildman–Crippen LogP) is 1.62. The average molecular weight is 433 g/mol. The molecule has 0 aliphatic rings. The summed E-state index contributed by atoms with van der Waals surface area (Å²) in [6.45, 7) is 0.399. The van der Waals surface area contributed by atoms with Gasteiger partial charge in [0, 0.05) is 18.5 Å². The first-order valence-electron chi connectivity index (χ1n) is 8.87. The minimum atomic E-state index is -4.08. The van der Waals surface area contributed by atoms with Crippen molar-refractivity contribution in [3.8, 4) is 5.75 Å². The van der Waals surface area contributed by atoms with Crippen LogP contribution < -0.4 is 20.3 Å². The van der Waals surface area contributed by atoms with Gasteiger partial charge in [-0.3, -0.25) is 14.9 Å². The fourth-order valence-electron chi connectivity index (χ4n) is 2.82. The Morgan fingerprint density at radius 3 is 2.60 bits per heavy atom. The van der Waals surface area contributed by atoms with E-state index in [1.807, 2.05) is 0 Å². The molecular weight excluding hydrogens is 414 g/mol. The summed E-state index contributed by atoms with van der Waals surface area (Å²) in [5, 5.41) is 21.8. The molecule has 3 rings (SSSR count). The molecule has 3 aromatic rings. The van der Waals surface area contributed by atoms with Crippen molar-refractivity contribution in [2.75, 3.05) is 25.5 Å². The van der Waals surface area contributed by atoms with E-state index in [0.717, 1.165) is 12.1 Å². The number of sulfonamides is 1. The van der Waals surface area contributed by atoms with E-state index in [9.17, 15) is 23.3 Å². The van der Waals surface area contributed by atoms with Gasteiger partial charge < -0.3 is 10.1 Å². The maximum Gasteiger partial charge on any atom is 0.293 e. The first-order valence-corrected chi connectivity index (χ1v) is 10.3. The van der Waals surface area contributed by atoms with Gasteiger partial charge in [-0.1, -0.05) is 18.2 Å². The highest BCUT2D eigenvalue weighted by Gasteiger charge is 2.26. The number of nitro groups is 1. The van der Waals surface area contributed by atoms with Crippen LogP contribution in [-0.4, -0.2) is 43.7 Å². The van der Waals surface area contributed by atoms with E-state index in [2.05, 4.69) is 20.2 Å². The normalized spacial score (nSPS) is 11.4. The van der Waals surface area contributed by atoms with Crippen LogP contribution in [0, 0.1) is 10.1 Å². The van der Waals surface area contributed by atoms with E-state index in [-0.39, 0.29) is 17.9 Å². The Morgan fingerprint density at radius 2 is 1.90 bits per heavy atom. The summed E-state index contributed by atoms with van der Waals surface area (Å²) in [6.07, 6.45) is 0.373. The molecule has 1 heterocycles. The zero-order valence-electron chi connectivity index (χ0n) is 15.9. The van der Waals surface area contributed by atoms with Gasteiger partial charge in [0.05, 0.1) is 23.5 Å². The van der Waals surface area contributed by atoms with Crippen LogP contribution in [0.2, 0.25) is 0 Å². The van der Waals surface area contributed by atoms with Gasteiger partial charge in [-0.05, 0) is 24.6 Å². The first-order chi connectivity index (χ1) is 14.3. The van der Waals surface area contributed by atoms with E-state index in [1.165, 1.54) is 13.2 Å². The molecule has 0 aliphatic carbocycles. The van der Waals surface area contributed by atoms with Crippen molar-refractivity contribution in [3.63, 3.8) is 0 Å². The van der Waals surface area contributed by atoms with Crippen molar-refractivity contribution < 1.29 is 18.1 Å². The number of H-pyrrole nitrogens is 1. The highest BCUT2D eigenvalue weighted by Crippen LogP contribution is 2.28. The third-order valence-corrected chi connectivity index (χ3v) is 5.79. The molecule has 0 saturated carbocycles. The lowest BCUT2D eigenvalue weighted by Gasteiger charge is -2.10. The highest BCUT2D eigenvalue weighted by molar-refractivity contribution is 7.89. The number of anilines is 1. The number of benzene rings is 2. The van der Waals surface area contributed by atoms with Gasteiger partial charge in [-0.2, -0.15) is 5.10 Å². The summed E-state index contributed by atoms with van der Waals surface area (Å²) in [7, 11) is -2.75. The van der Waals surface area contributed by atoms with E-state index in [1.54, 1.807) is 24.3 Å². The number of nitro benzene ring substituents is 1. The lowest BCUT2D eigenvalue weighted by atomic mass is 10.2. The van der Waals surface area contributed by atoms with E-state index < -0.39 is 25.5 Å². The van der Waals surface area contributed by atoms with Crippen molar-refractivity contribution in [3.05, 3.63) is 62.9 Å². The van der Waals surface area contributed by atoms with Crippen LogP contribution >= 0.6 is 0 Å². The zero-order chi connectivity index (χ0) is 21.7. The molecule has 0 atom stereocenters. The number of nitrogens with one attached hydrogen (secondary N) is 3. The predicted molar refractivity (Wildman–Crippen MR) is 110 cm³/mol. The Hall–Kier alpha value is -3.51. The molecule has 0 aliphatic heterocycles. The van der Waals surface area contributed by atoms with Gasteiger partial charge in [-0.25, -0.2) is 18.2 Å². The number of aromatic amines is 1. The van der Waals surface area contributed by atoms with E-state index in [4.69, 9.17) is 4.74 Å². The van der Waals surface area contributed by atoms with E-state index >= 15 is 0 Å². The van der Waals surface area contributed by atoms with Crippen LogP contribution in [0.4, 0.5) is 11.5 Å². The molecule has 0 amide bonds. The van der Waals surface area contributed by atoms with Gasteiger partial charge in [0.15, 0.2) is 10.7 Å². The molecule has 0 spiro atoms. The second-order valence-electron chi connectivity index (χ2n) is 6.22. The summed E-state index contributed by atoms with van der Waals surface area (Å²) in [5.41, 5.74) is -0.867. The number of hydrogen-bond acceptors (Lipinski definition) is 8. The quantitative estimate of drug-likeness (QED) is 0.261. The van der Waals surface area contributed by atoms with Crippen molar-refractivity contribution in [2.24, 2.45) is 0 Å². The molecule has 0 unspecified atom stereocenters. The number of nitrogens with zero attached hydrogens (tertiary/aromatic N) is 2. The number of hydrogen-bond donors (Lipinski definition) is 3. The van der Waals surface area contributed by atoms with Crippen LogP contribution in [0.3, 0.4) is 0 Å². The minimum Gasteiger partial charge on any atom is -0.497 e. The third kappa shape index (κ3) is 4.55. The smallest absolute Gasteiger partial charge is 0.293 e. The molecule has 0 saturated heterocycles. The van der Waals surface area contributed by atoms with Crippen LogP contribution in [0.1, 0.15) is 6.42 Å². The number of rotatable bonds is 9. The topological polar surface area (TPSA) is 156 Å². The molecule has 0 bridgehead atoms. The summed E-state index contributed by atoms with van der Waals surface area (Å²) >= 11 is 0. The van der Waals surface area contributed by atoms with Gasteiger partial charge >= 0.3 is 0 Å². The summed E-state index contributed by atoms with van der Waals surface area (Å²) < 4.78 is 32.2. The second kappa shape index (κ2) is 8.88. The zero-order valence-corrected chi connectivity index (χ0v) is 16.7. The lowest BCUT2D eigenvalue weighted by molar-refractivity contribution is -0.387. The van der Waals surface area contributed by atoms with Gasteiger partial charge in [0.2, 0.25) is 10.0 Å². The summed E-state index contributed by atoms with van der Waals surface area (Å²) in [6, 6.07) is 10.5. The molecule has 1 aromatic heterocycles. The molecule has 11 nitrogen and oxygen atoms in total. The average Bonchev–Trinajstić information content (AvgIpc) is 2.74. The number of methoxy groups -OCH3 is 1. The molecule has 0 fully saturated rings. The van der Waals surface area contributed by atoms with Crippen LogP contribution in [-0.2, 0) is 10.0 Å². The molecule has 30 heavy (non-hydrogen) atoms. The monoisotopic (exact) mass is 433 g/mol. The van der Waals surface area contributed by atoms with Crippen LogP contribution in [0.5, 0.6) is 5.75 Å². The molecule has 158 valence electrons. The van der Waals surface area contributed by atoms with Gasteiger partial charge in [0.1, 0.15) is 5.75 Å². The maximum atomic E-state index is 12.5. The summed E-state index contributed by atoms with van der Waals surface area (Å²) in [5.74, 6) is 0.657. The lowest BCUT2D eigenvalue weighted by Crippen LogP contribution is -2.27. The Kier molecular flexibility index (Phi) is 6.28. The third-order valence-electron chi connectivity index (χ3n) is 4.29. The van der Waals surface area contributed by atoms with Gasteiger partial charge in [0.25, 0.3) is 11.2 Å². The fourth-order valence-corrected chi connectivity index (χ4v) is 4.05. The molecular formula is C18H19N5O6S. The van der Waals surface area contributed by atoms with Gasteiger partial charge in [-0.15, -0.1) is 0 Å². The fraction of sp³-hybridized carbons (Fsp3) is 0.222. The SMILES string of the molecule is COc1ccc(S(=O)(=O)NCCCNc2n[nH]c(=O)c3ccccc23)c([N+](=O)[O-])c1. The minimum absolute atomic E-state index is 0.0415. The molecule has 12 heteroatoms.